The van der Waals surface area contributed by atoms with Gasteiger partial charge in [-0.3, -0.25) is 3.53 Å². The lowest BCUT2D eigenvalue weighted by molar-refractivity contribution is 0.181. The second-order valence-corrected chi connectivity index (χ2v) is 2.90. The highest BCUT2D eigenvalue weighted by Crippen LogP contribution is 2.18. The minimum atomic E-state index is -0.0396. The average molecular weight is 227 g/mol. The summed E-state index contributed by atoms with van der Waals surface area (Å²) >= 11 is 2.14. The Morgan fingerprint density at radius 3 is 2.50 bits per heavy atom. The van der Waals surface area contributed by atoms with E-state index in [1.165, 1.54) is 0 Å². The van der Waals surface area contributed by atoms with Crippen LogP contribution in [0.2, 0.25) is 0 Å². The van der Waals surface area contributed by atoms with Crippen LogP contribution in [-0.2, 0) is 0 Å². The molecule has 0 heterocycles. The summed E-state index contributed by atoms with van der Waals surface area (Å²) < 4.78 is 3.10. The summed E-state index contributed by atoms with van der Waals surface area (Å²) in [6.45, 7) is 0. The summed E-state index contributed by atoms with van der Waals surface area (Å²) in [6, 6.07) is 0.561. The average Bonchev–Trinajstić information content (AvgIpc) is 2.14. The van der Waals surface area contributed by atoms with Crippen LogP contribution in [0.15, 0.2) is 0 Å². The van der Waals surface area contributed by atoms with Gasteiger partial charge in [0.1, 0.15) is 0 Å². The van der Waals surface area contributed by atoms with Crippen molar-refractivity contribution in [2.24, 2.45) is 0 Å². The van der Waals surface area contributed by atoms with E-state index in [4.69, 9.17) is 5.11 Å². The van der Waals surface area contributed by atoms with Crippen molar-refractivity contribution >= 4 is 22.9 Å². The number of aliphatic hydroxyl groups is 1. The van der Waals surface area contributed by atoms with E-state index < -0.39 is 0 Å². The first-order chi connectivity index (χ1) is 3.83. The Kier molecular flexibility index (Phi) is 2.52. The summed E-state index contributed by atoms with van der Waals surface area (Å²) in [7, 11) is 0. The molecule has 1 saturated carbocycles. The summed E-state index contributed by atoms with van der Waals surface area (Å²) in [5.74, 6) is 0. The van der Waals surface area contributed by atoms with E-state index >= 15 is 0 Å². The molecule has 3 heteroatoms. The zero-order valence-electron chi connectivity index (χ0n) is 4.60. The van der Waals surface area contributed by atoms with Gasteiger partial charge in [0.25, 0.3) is 0 Å². The van der Waals surface area contributed by atoms with Gasteiger partial charge in [0, 0.05) is 28.9 Å². The van der Waals surface area contributed by atoms with Gasteiger partial charge in [-0.25, -0.2) is 0 Å². The molecule has 2 nitrogen and oxygen atoms in total. The third-order valence-corrected chi connectivity index (χ3v) is 2.44. The largest absolute Gasteiger partial charge is 0.393 e. The Morgan fingerprint density at radius 1 is 1.50 bits per heavy atom. The SMILES string of the molecule is O[C@H]1CC[C@@H](NI)C1. The fourth-order valence-electron chi connectivity index (χ4n) is 1.06. The summed E-state index contributed by atoms with van der Waals surface area (Å²) in [6.07, 6.45) is 3.00. The topological polar surface area (TPSA) is 32.3 Å². The molecule has 2 atom stereocenters. The van der Waals surface area contributed by atoms with Crippen LogP contribution in [0.1, 0.15) is 19.3 Å². The van der Waals surface area contributed by atoms with E-state index in [1.807, 2.05) is 0 Å². The van der Waals surface area contributed by atoms with Crippen molar-refractivity contribution in [3.8, 4) is 0 Å². The highest BCUT2D eigenvalue weighted by Gasteiger charge is 2.20. The number of rotatable bonds is 1. The molecule has 48 valence electrons. The molecule has 1 rings (SSSR count). The first kappa shape index (κ1) is 6.77. The highest BCUT2D eigenvalue weighted by atomic mass is 127. The van der Waals surface area contributed by atoms with Crippen LogP contribution in [-0.4, -0.2) is 17.3 Å². The second-order valence-electron chi connectivity index (χ2n) is 2.27. The Labute approximate surface area is 63.2 Å². The predicted molar refractivity (Wildman–Crippen MR) is 40.8 cm³/mol. The molecule has 1 aliphatic carbocycles. The van der Waals surface area contributed by atoms with Crippen molar-refractivity contribution in [3.05, 3.63) is 0 Å². The smallest absolute Gasteiger partial charge is 0.0556 e. The molecule has 1 aliphatic rings. The Hall–Kier alpha value is 0.650. The van der Waals surface area contributed by atoms with Gasteiger partial charge in [-0.05, 0) is 19.3 Å². The Balaban J connectivity index is 2.22. The molecule has 0 bridgehead atoms. The Morgan fingerprint density at radius 2 is 2.25 bits per heavy atom. The van der Waals surface area contributed by atoms with Crippen LogP contribution in [0, 0.1) is 0 Å². The predicted octanol–water partition coefficient (Wildman–Crippen LogP) is 0.839. The van der Waals surface area contributed by atoms with Crippen molar-refractivity contribution in [2.45, 2.75) is 31.4 Å². The first-order valence-electron chi connectivity index (χ1n) is 2.87. The van der Waals surface area contributed by atoms with E-state index in [0.29, 0.717) is 6.04 Å². The zero-order valence-corrected chi connectivity index (χ0v) is 6.76. The van der Waals surface area contributed by atoms with E-state index in [9.17, 15) is 0 Å². The maximum atomic E-state index is 8.99. The molecule has 0 aromatic rings. The van der Waals surface area contributed by atoms with Gasteiger partial charge in [0.2, 0.25) is 0 Å². The summed E-state index contributed by atoms with van der Waals surface area (Å²) in [5, 5.41) is 8.99. The van der Waals surface area contributed by atoms with Gasteiger partial charge in [-0.1, -0.05) is 0 Å². The van der Waals surface area contributed by atoms with Crippen molar-refractivity contribution in [1.29, 1.82) is 0 Å². The van der Waals surface area contributed by atoms with Crippen molar-refractivity contribution in [2.75, 3.05) is 0 Å². The molecule has 1 fully saturated rings. The van der Waals surface area contributed by atoms with Gasteiger partial charge in [-0.15, -0.1) is 0 Å². The van der Waals surface area contributed by atoms with Crippen molar-refractivity contribution < 1.29 is 5.11 Å². The van der Waals surface area contributed by atoms with Crippen LogP contribution in [0.25, 0.3) is 0 Å². The van der Waals surface area contributed by atoms with E-state index in [0.717, 1.165) is 19.3 Å². The van der Waals surface area contributed by atoms with Gasteiger partial charge in [0.15, 0.2) is 0 Å². The fourth-order valence-corrected chi connectivity index (χ4v) is 1.62. The molecule has 0 unspecified atom stereocenters. The molecule has 0 amide bonds. The molecular formula is C5H10INO. The lowest BCUT2D eigenvalue weighted by Crippen LogP contribution is -2.16. The monoisotopic (exact) mass is 227 g/mol. The van der Waals surface area contributed by atoms with Gasteiger partial charge in [0.05, 0.1) is 6.10 Å². The summed E-state index contributed by atoms with van der Waals surface area (Å²) in [5.41, 5.74) is 0. The zero-order chi connectivity index (χ0) is 5.98. The number of hydrogen-bond acceptors (Lipinski definition) is 2. The van der Waals surface area contributed by atoms with E-state index in [2.05, 4.69) is 26.4 Å². The molecule has 0 aromatic heterocycles. The Bertz CT molecular complexity index is 78.8. The minimum Gasteiger partial charge on any atom is -0.393 e. The van der Waals surface area contributed by atoms with Crippen molar-refractivity contribution in [3.63, 3.8) is 0 Å². The molecule has 0 aliphatic heterocycles. The van der Waals surface area contributed by atoms with Crippen molar-refractivity contribution in [1.82, 2.24) is 3.53 Å². The second kappa shape index (κ2) is 2.98. The molecule has 0 spiro atoms. The standard InChI is InChI=1S/C5H10INO/c6-7-4-1-2-5(8)3-4/h4-5,7-8H,1-3H2/t4-,5+/m1/s1. The van der Waals surface area contributed by atoms with Gasteiger partial charge >= 0.3 is 0 Å². The molecule has 0 saturated heterocycles. The van der Waals surface area contributed by atoms with Crippen LogP contribution in [0.4, 0.5) is 0 Å². The van der Waals surface area contributed by atoms with Crippen LogP contribution in [0.5, 0.6) is 0 Å². The quantitative estimate of drug-likeness (QED) is 0.514. The molecule has 0 aromatic carbocycles. The normalized spacial score (nSPS) is 38.2. The lowest BCUT2D eigenvalue weighted by atomic mass is 10.3. The number of halogens is 1. The maximum Gasteiger partial charge on any atom is 0.0556 e. The van der Waals surface area contributed by atoms with Gasteiger partial charge in [-0.2, -0.15) is 0 Å². The maximum absolute atomic E-state index is 8.99. The molecule has 0 radical (unpaired) electrons. The van der Waals surface area contributed by atoms with Crippen LogP contribution in [0.3, 0.4) is 0 Å². The van der Waals surface area contributed by atoms with Gasteiger partial charge < -0.3 is 5.11 Å². The highest BCUT2D eigenvalue weighted by molar-refractivity contribution is 14.1. The molecular weight excluding hydrogens is 217 g/mol. The third-order valence-electron chi connectivity index (χ3n) is 1.56. The fraction of sp³-hybridized carbons (Fsp3) is 1.00. The number of aliphatic hydroxyl groups excluding tert-OH is 1. The van der Waals surface area contributed by atoms with E-state index in [-0.39, 0.29) is 6.10 Å². The number of hydrogen-bond donors (Lipinski definition) is 2. The molecule has 2 N–H and O–H groups in total. The number of nitrogens with one attached hydrogen (secondary N) is 1. The van der Waals surface area contributed by atoms with Crippen LogP contribution >= 0.6 is 22.9 Å². The first-order valence-corrected chi connectivity index (χ1v) is 3.95. The molecule has 8 heavy (non-hydrogen) atoms. The summed E-state index contributed by atoms with van der Waals surface area (Å²) in [4.78, 5) is 0. The minimum absolute atomic E-state index is 0.0396. The van der Waals surface area contributed by atoms with E-state index in [1.54, 1.807) is 0 Å². The third kappa shape index (κ3) is 1.56. The lowest BCUT2D eigenvalue weighted by Gasteiger charge is -2.02. The van der Waals surface area contributed by atoms with Crippen LogP contribution < -0.4 is 3.53 Å².